The van der Waals surface area contributed by atoms with Crippen molar-refractivity contribution in [3.05, 3.63) is 59.7 Å². The van der Waals surface area contributed by atoms with Crippen molar-refractivity contribution in [1.82, 2.24) is 0 Å². The second-order valence-corrected chi connectivity index (χ2v) is 5.48. The normalized spacial score (nSPS) is 28.7. The van der Waals surface area contributed by atoms with Crippen LogP contribution in [0.25, 0.3) is 0 Å². The highest BCUT2D eigenvalue weighted by Gasteiger charge is 2.49. The van der Waals surface area contributed by atoms with E-state index in [1.165, 1.54) is 6.08 Å². The highest BCUT2D eigenvalue weighted by Crippen LogP contribution is 2.48. The second kappa shape index (κ2) is 5.89. The zero-order valence-electron chi connectivity index (χ0n) is 12.5. The Kier molecular flexibility index (Phi) is 3.94. The van der Waals surface area contributed by atoms with E-state index in [0.717, 1.165) is 11.1 Å². The molecule has 1 heterocycles. The van der Waals surface area contributed by atoms with Crippen molar-refractivity contribution in [2.24, 2.45) is 5.92 Å². The first-order chi connectivity index (χ1) is 10.7. The quantitative estimate of drug-likeness (QED) is 0.635. The molecular weight excluding hydrogens is 280 g/mol. The molecule has 0 amide bonds. The zero-order valence-corrected chi connectivity index (χ0v) is 12.5. The van der Waals surface area contributed by atoms with Crippen LogP contribution in [0, 0.1) is 5.92 Å². The highest BCUT2D eigenvalue weighted by atomic mass is 16.5. The Morgan fingerprint density at radius 1 is 1.41 bits per heavy atom. The molecule has 0 bridgehead atoms. The van der Waals surface area contributed by atoms with Crippen molar-refractivity contribution in [2.45, 2.75) is 18.9 Å². The maximum atomic E-state index is 11.9. The third kappa shape index (κ3) is 2.50. The monoisotopic (exact) mass is 298 g/mol. The van der Waals surface area contributed by atoms with Crippen LogP contribution in [0.2, 0.25) is 0 Å². The molecule has 1 aromatic rings. The number of carbonyl (C=O) groups is 2. The van der Waals surface area contributed by atoms with Crippen molar-refractivity contribution < 1.29 is 19.1 Å². The molecule has 3 rings (SSSR count). The van der Waals surface area contributed by atoms with E-state index >= 15 is 0 Å². The Balaban J connectivity index is 2.00. The number of allylic oxidation sites excluding steroid dienone is 1. The largest absolute Gasteiger partial charge is 0.463 e. The van der Waals surface area contributed by atoms with Gasteiger partial charge in [0, 0.05) is 18.4 Å². The number of rotatable bonds is 3. The molecule has 0 N–H and O–H groups in total. The molecule has 22 heavy (non-hydrogen) atoms. The molecule has 4 heteroatoms. The molecule has 2 atom stereocenters. The van der Waals surface area contributed by atoms with Gasteiger partial charge >= 0.3 is 5.97 Å². The molecule has 1 saturated heterocycles. The summed E-state index contributed by atoms with van der Waals surface area (Å²) in [6.45, 7) is 2.43. The summed E-state index contributed by atoms with van der Waals surface area (Å²) in [5.41, 5.74) is 1.16. The van der Waals surface area contributed by atoms with Gasteiger partial charge in [-0.05, 0) is 30.2 Å². The Labute approximate surface area is 129 Å². The fraction of sp³-hybridized carbons (Fsp3) is 0.333. The van der Waals surface area contributed by atoms with Gasteiger partial charge in [-0.25, -0.2) is 4.79 Å². The number of benzene rings is 1. The minimum absolute atomic E-state index is 0.0526. The maximum Gasteiger partial charge on any atom is 0.330 e. The topological polar surface area (TPSA) is 52.6 Å². The summed E-state index contributed by atoms with van der Waals surface area (Å²) in [6, 6.07) is 9.81. The summed E-state index contributed by atoms with van der Waals surface area (Å²) in [5, 5.41) is 0. The molecule has 4 nitrogen and oxygen atoms in total. The summed E-state index contributed by atoms with van der Waals surface area (Å²) in [6.07, 6.45) is 5.23. The van der Waals surface area contributed by atoms with Crippen molar-refractivity contribution >= 4 is 11.8 Å². The van der Waals surface area contributed by atoms with Gasteiger partial charge in [-0.2, -0.15) is 0 Å². The Bertz CT molecular complexity index is 644. The number of ether oxygens (including phenoxy) is 2. The van der Waals surface area contributed by atoms with Gasteiger partial charge < -0.3 is 9.47 Å². The maximum absolute atomic E-state index is 11.9. The fourth-order valence-corrected chi connectivity index (χ4v) is 3.17. The Morgan fingerprint density at radius 3 is 2.91 bits per heavy atom. The molecule has 1 aliphatic heterocycles. The lowest BCUT2D eigenvalue weighted by atomic mass is 9.73. The number of carbonyl (C=O) groups excluding carboxylic acids is 2. The van der Waals surface area contributed by atoms with Crippen molar-refractivity contribution in [1.29, 1.82) is 0 Å². The number of hydrogen-bond acceptors (Lipinski definition) is 4. The minimum atomic E-state index is -0.659. The predicted octanol–water partition coefficient (Wildman–Crippen LogP) is 2.55. The van der Waals surface area contributed by atoms with Crippen LogP contribution >= 0.6 is 0 Å². The lowest BCUT2D eigenvalue weighted by Crippen LogP contribution is -2.35. The Morgan fingerprint density at radius 2 is 2.18 bits per heavy atom. The van der Waals surface area contributed by atoms with E-state index in [9.17, 15) is 9.59 Å². The number of fused-ring (bicyclic) bond motifs is 1. The van der Waals surface area contributed by atoms with Gasteiger partial charge in [0.05, 0.1) is 13.2 Å². The third-order valence-corrected chi connectivity index (χ3v) is 4.18. The first kappa shape index (κ1) is 14.7. The van der Waals surface area contributed by atoms with Crippen molar-refractivity contribution in [2.75, 3.05) is 13.2 Å². The molecule has 0 aromatic heterocycles. The predicted molar refractivity (Wildman–Crippen MR) is 81.0 cm³/mol. The number of ketones is 1. The summed E-state index contributed by atoms with van der Waals surface area (Å²) < 4.78 is 11.0. The summed E-state index contributed by atoms with van der Waals surface area (Å²) in [5.74, 6) is -0.486. The van der Waals surface area contributed by atoms with E-state index in [1.807, 2.05) is 36.4 Å². The highest BCUT2D eigenvalue weighted by molar-refractivity contribution is 5.92. The van der Waals surface area contributed by atoms with Crippen LogP contribution in [-0.4, -0.2) is 25.0 Å². The number of esters is 1. The van der Waals surface area contributed by atoms with Crippen LogP contribution in [0.3, 0.4) is 0 Å². The van der Waals surface area contributed by atoms with E-state index in [-0.39, 0.29) is 17.7 Å². The van der Waals surface area contributed by atoms with Crippen LogP contribution in [0.5, 0.6) is 0 Å². The lowest BCUT2D eigenvalue weighted by Gasteiger charge is -2.34. The van der Waals surface area contributed by atoms with Crippen molar-refractivity contribution in [3.8, 4) is 0 Å². The molecule has 1 aliphatic carbocycles. The Hall–Kier alpha value is -2.20. The van der Waals surface area contributed by atoms with Crippen LogP contribution < -0.4 is 0 Å². The van der Waals surface area contributed by atoms with E-state index in [0.29, 0.717) is 19.6 Å². The van der Waals surface area contributed by atoms with E-state index in [4.69, 9.17) is 9.47 Å². The van der Waals surface area contributed by atoms with Gasteiger partial charge in [0.2, 0.25) is 0 Å². The SMILES string of the molecule is CCOC(=O)/C=C1/CO[C@]2(c3ccccc3)C=CC(=O)CC12. The first-order valence-electron chi connectivity index (χ1n) is 7.44. The summed E-state index contributed by atoms with van der Waals surface area (Å²) >= 11 is 0. The fourth-order valence-electron chi connectivity index (χ4n) is 3.17. The molecular formula is C18H18O4. The van der Waals surface area contributed by atoms with Crippen LogP contribution in [0.1, 0.15) is 18.9 Å². The molecule has 0 radical (unpaired) electrons. The number of hydrogen-bond donors (Lipinski definition) is 0. The standard InChI is InChI=1S/C18H18O4/c1-2-21-17(20)10-13-12-22-18(14-6-4-3-5-7-14)9-8-15(19)11-16(13)18/h3-10,16H,2,11-12H2,1H3/b13-10-/t16?,18-/m0/s1. The van der Waals surface area contributed by atoms with E-state index in [1.54, 1.807) is 13.0 Å². The molecule has 2 aliphatic rings. The van der Waals surface area contributed by atoms with E-state index in [2.05, 4.69) is 0 Å². The van der Waals surface area contributed by atoms with E-state index < -0.39 is 5.60 Å². The van der Waals surface area contributed by atoms with Gasteiger partial charge in [0.15, 0.2) is 5.78 Å². The van der Waals surface area contributed by atoms with Crippen molar-refractivity contribution in [3.63, 3.8) is 0 Å². The smallest absolute Gasteiger partial charge is 0.330 e. The minimum Gasteiger partial charge on any atom is -0.463 e. The van der Waals surface area contributed by atoms with Gasteiger partial charge in [-0.3, -0.25) is 4.79 Å². The lowest BCUT2D eigenvalue weighted by molar-refractivity contribution is -0.137. The molecule has 0 spiro atoms. The summed E-state index contributed by atoms with van der Waals surface area (Å²) in [4.78, 5) is 23.6. The van der Waals surface area contributed by atoms with Crippen LogP contribution in [-0.2, 0) is 24.7 Å². The summed E-state index contributed by atoms with van der Waals surface area (Å²) in [7, 11) is 0. The average Bonchev–Trinajstić information content (AvgIpc) is 2.88. The molecule has 1 unspecified atom stereocenters. The van der Waals surface area contributed by atoms with Gasteiger partial charge in [0.1, 0.15) is 5.60 Å². The second-order valence-electron chi connectivity index (χ2n) is 5.48. The first-order valence-corrected chi connectivity index (χ1v) is 7.44. The van der Waals surface area contributed by atoms with Crippen LogP contribution in [0.15, 0.2) is 54.1 Å². The third-order valence-electron chi connectivity index (χ3n) is 4.18. The molecule has 114 valence electrons. The molecule has 0 saturated carbocycles. The van der Waals surface area contributed by atoms with Gasteiger partial charge in [-0.15, -0.1) is 0 Å². The molecule has 1 aromatic carbocycles. The van der Waals surface area contributed by atoms with Crippen LogP contribution in [0.4, 0.5) is 0 Å². The average molecular weight is 298 g/mol. The zero-order chi connectivity index (χ0) is 15.6. The van der Waals surface area contributed by atoms with Gasteiger partial charge in [0.25, 0.3) is 0 Å². The molecule has 1 fully saturated rings. The van der Waals surface area contributed by atoms with Gasteiger partial charge in [-0.1, -0.05) is 30.3 Å².